The molecule has 1 N–H and O–H groups in total. The Morgan fingerprint density at radius 3 is 2.68 bits per heavy atom. The van der Waals surface area contributed by atoms with Gasteiger partial charge in [0.2, 0.25) is 0 Å². The van der Waals surface area contributed by atoms with Crippen molar-refractivity contribution in [3.8, 4) is 5.75 Å². The summed E-state index contributed by atoms with van der Waals surface area (Å²) in [5.74, 6) is 0.414. The monoisotopic (exact) mass is 294 g/mol. The first-order valence-corrected chi connectivity index (χ1v) is 12.6. The molecule has 106 valence electrons. The van der Waals surface area contributed by atoms with Crippen molar-refractivity contribution in [3.63, 3.8) is 0 Å². The smallest absolute Gasteiger partial charge is 0.173 e. The first-order valence-electron chi connectivity index (χ1n) is 7.00. The van der Waals surface area contributed by atoms with E-state index in [1.165, 1.54) is 0 Å². The van der Waals surface area contributed by atoms with Gasteiger partial charge in [-0.3, -0.25) is 0 Å². The summed E-state index contributed by atoms with van der Waals surface area (Å²) in [7, 11) is -2.60. The Morgan fingerprint density at radius 1 is 1.37 bits per heavy atom. The third-order valence-corrected chi connectivity index (χ3v) is 9.95. The van der Waals surface area contributed by atoms with Gasteiger partial charge < -0.3 is 9.22 Å². The van der Waals surface area contributed by atoms with E-state index in [-0.39, 0.29) is 0 Å². The van der Waals surface area contributed by atoms with Gasteiger partial charge in [0.05, 0.1) is 0 Å². The molecule has 0 radical (unpaired) electrons. The summed E-state index contributed by atoms with van der Waals surface area (Å²) in [4.78, 5) is 0. The maximum Gasteiger partial charge on any atom is 0.173 e. The fraction of sp³-hybridized carbons (Fsp3) is 0.467. The number of aryl methyl sites for hydroxylation is 1. The number of aromatic hydroxyl groups is 1. The standard InChI is InChI=1S/C15H26O2Si2/c1-5-12-18(2)17-19(3,4)13-8-10-14-9-6-7-11-15(14)16/h5-7,9,11,16,18H,1,8,10,12-13H2,2-4H3. The number of allylic oxidation sites excluding steroid dienone is 1. The molecule has 0 saturated carbocycles. The number of benzene rings is 1. The van der Waals surface area contributed by atoms with Crippen molar-refractivity contribution >= 4 is 17.4 Å². The molecule has 0 bridgehead atoms. The van der Waals surface area contributed by atoms with Gasteiger partial charge in [-0.15, -0.1) is 6.58 Å². The number of phenols is 1. The van der Waals surface area contributed by atoms with Gasteiger partial charge in [0, 0.05) is 0 Å². The van der Waals surface area contributed by atoms with Crippen LogP contribution in [0.5, 0.6) is 5.75 Å². The van der Waals surface area contributed by atoms with E-state index in [1.54, 1.807) is 6.07 Å². The zero-order valence-corrected chi connectivity index (χ0v) is 14.5. The van der Waals surface area contributed by atoms with E-state index >= 15 is 0 Å². The van der Waals surface area contributed by atoms with Gasteiger partial charge >= 0.3 is 0 Å². The largest absolute Gasteiger partial charge is 0.508 e. The second-order valence-electron chi connectivity index (χ2n) is 5.69. The molecule has 0 aliphatic heterocycles. The van der Waals surface area contributed by atoms with E-state index in [0.717, 1.165) is 30.5 Å². The third kappa shape index (κ3) is 6.23. The zero-order valence-electron chi connectivity index (χ0n) is 12.4. The van der Waals surface area contributed by atoms with Crippen molar-refractivity contribution in [1.82, 2.24) is 0 Å². The molecule has 2 nitrogen and oxygen atoms in total. The van der Waals surface area contributed by atoms with Crippen LogP contribution in [0, 0.1) is 0 Å². The lowest BCUT2D eigenvalue weighted by Gasteiger charge is -2.27. The van der Waals surface area contributed by atoms with Gasteiger partial charge in [-0.2, -0.15) is 0 Å². The van der Waals surface area contributed by atoms with E-state index < -0.39 is 17.4 Å². The van der Waals surface area contributed by atoms with Crippen LogP contribution >= 0.6 is 0 Å². The number of hydrogen-bond donors (Lipinski definition) is 1. The number of para-hydroxylation sites is 1. The molecule has 4 heteroatoms. The van der Waals surface area contributed by atoms with E-state index in [4.69, 9.17) is 4.12 Å². The molecule has 0 aliphatic rings. The quantitative estimate of drug-likeness (QED) is 0.578. The maximum absolute atomic E-state index is 9.73. The summed E-state index contributed by atoms with van der Waals surface area (Å²) >= 11 is 0. The molecular weight excluding hydrogens is 268 g/mol. The van der Waals surface area contributed by atoms with Crippen molar-refractivity contribution in [2.24, 2.45) is 0 Å². The number of phenolic OH excluding ortho intramolecular Hbond substituents is 1. The average molecular weight is 295 g/mol. The van der Waals surface area contributed by atoms with Crippen molar-refractivity contribution in [1.29, 1.82) is 0 Å². The van der Waals surface area contributed by atoms with E-state index in [9.17, 15) is 5.11 Å². The minimum absolute atomic E-state index is 0.414. The van der Waals surface area contributed by atoms with Gasteiger partial charge in [0.25, 0.3) is 0 Å². The second kappa shape index (κ2) is 7.67. The molecule has 0 aliphatic carbocycles. The Hall–Kier alpha value is -0.846. The molecule has 19 heavy (non-hydrogen) atoms. The Kier molecular flexibility index (Phi) is 6.55. The highest BCUT2D eigenvalue weighted by Gasteiger charge is 2.24. The molecule has 1 unspecified atom stereocenters. The van der Waals surface area contributed by atoms with Gasteiger partial charge in [0.15, 0.2) is 17.4 Å². The van der Waals surface area contributed by atoms with Crippen LogP contribution in [-0.2, 0) is 10.5 Å². The van der Waals surface area contributed by atoms with Crippen LogP contribution < -0.4 is 0 Å². The van der Waals surface area contributed by atoms with Crippen LogP contribution in [0.15, 0.2) is 36.9 Å². The van der Waals surface area contributed by atoms with Gasteiger partial charge in [-0.25, -0.2) is 0 Å². The summed E-state index contributed by atoms with van der Waals surface area (Å²) in [5, 5.41) is 9.73. The number of hydrogen-bond acceptors (Lipinski definition) is 2. The SMILES string of the molecule is C=CC[SiH](C)O[Si](C)(C)CCCc1ccccc1O. The molecule has 1 rings (SSSR count). The Labute approximate surface area is 120 Å². The molecule has 0 fully saturated rings. The molecule has 0 aromatic heterocycles. The normalized spacial score (nSPS) is 13.2. The molecule has 1 aromatic rings. The Balaban J connectivity index is 2.39. The highest BCUT2D eigenvalue weighted by molar-refractivity contribution is 6.78. The second-order valence-corrected chi connectivity index (χ2v) is 12.7. The van der Waals surface area contributed by atoms with Gasteiger partial charge in [0.1, 0.15) is 5.75 Å². The minimum atomic E-state index is -1.54. The van der Waals surface area contributed by atoms with Crippen molar-refractivity contribution in [2.45, 2.75) is 44.6 Å². The molecular formula is C15H26O2Si2. The van der Waals surface area contributed by atoms with Crippen LogP contribution in [-0.4, -0.2) is 22.5 Å². The fourth-order valence-electron chi connectivity index (χ4n) is 2.31. The molecule has 1 aromatic carbocycles. The van der Waals surface area contributed by atoms with Crippen molar-refractivity contribution < 1.29 is 9.22 Å². The van der Waals surface area contributed by atoms with Gasteiger partial charge in [-0.1, -0.05) is 24.3 Å². The summed E-state index contributed by atoms with van der Waals surface area (Å²) in [5.41, 5.74) is 1.05. The predicted molar refractivity (Wildman–Crippen MR) is 87.8 cm³/mol. The van der Waals surface area contributed by atoms with Crippen LogP contribution in [0.2, 0.25) is 31.7 Å². The van der Waals surface area contributed by atoms with Crippen LogP contribution in [0.3, 0.4) is 0 Å². The lowest BCUT2D eigenvalue weighted by atomic mass is 10.1. The predicted octanol–water partition coefficient (Wildman–Crippen LogP) is 4.09. The molecule has 0 saturated heterocycles. The first kappa shape index (κ1) is 16.2. The minimum Gasteiger partial charge on any atom is -0.508 e. The molecule has 0 amide bonds. The molecule has 1 atom stereocenters. The molecule has 0 heterocycles. The Bertz CT molecular complexity index is 405. The van der Waals surface area contributed by atoms with E-state index in [2.05, 4.69) is 26.2 Å². The lowest BCUT2D eigenvalue weighted by Crippen LogP contribution is -2.36. The van der Waals surface area contributed by atoms with Crippen molar-refractivity contribution in [3.05, 3.63) is 42.5 Å². The lowest BCUT2D eigenvalue weighted by molar-refractivity contribution is 0.467. The zero-order chi connectivity index (χ0) is 14.3. The topological polar surface area (TPSA) is 29.5 Å². The van der Waals surface area contributed by atoms with Gasteiger partial charge in [-0.05, 0) is 56.2 Å². The molecule has 0 spiro atoms. The summed E-state index contributed by atoms with van der Waals surface area (Å²) in [6.07, 6.45) is 4.00. The summed E-state index contributed by atoms with van der Waals surface area (Å²) < 4.78 is 6.29. The maximum atomic E-state index is 9.73. The fourth-order valence-corrected chi connectivity index (χ4v) is 9.02. The third-order valence-electron chi connectivity index (χ3n) is 3.24. The van der Waals surface area contributed by atoms with Crippen LogP contribution in [0.25, 0.3) is 0 Å². The Morgan fingerprint density at radius 2 is 2.05 bits per heavy atom. The first-order chi connectivity index (χ1) is 8.94. The van der Waals surface area contributed by atoms with Crippen LogP contribution in [0.4, 0.5) is 0 Å². The van der Waals surface area contributed by atoms with E-state index in [0.29, 0.717) is 5.75 Å². The highest BCUT2D eigenvalue weighted by Crippen LogP contribution is 2.22. The van der Waals surface area contributed by atoms with Crippen molar-refractivity contribution in [2.75, 3.05) is 0 Å². The van der Waals surface area contributed by atoms with Crippen LogP contribution in [0.1, 0.15) is 12.0 Å². The van der Waals surface area contributed by atoms with E-state index in [1.807, 2.05) is 24.3 Å². The number of rotatable bonds is 8. The summed E-state index contributed by atoms with van der Waals surface area (Å²) in [6.45, 7) is 10.6. The average Bonchev–Trinajstić information content (AvgIpc) is 2.31. The highest BCUT2D eigenvalue weighted by atomic mass is 28.4. The summed E-state index contributed by atoms with van der Waals surface area (Å²) in [6, 6.07) is 9.80.